The van der Waals surface area contributed by atoms with Crippen molar-refractivity contribution in [2.24, 2.45) is 16.3 Å². The first kappa shape index (κ1) is 18.5. The van der Waals surface area contributed by atoms with Crippen molar-refractivity contribution < 1.29 is 4.74 Å². The van der Waals surface area contributed by atoms with E-state index in [1.165, 1.54) is 77.2 Å². The summed E-state index contributed by atoms with van der Waals surface area (Å²) in [5.74, 6) is 1.98. The highest BCUT2D eigenvalue weighted by Crippen LogP contribution is 2.57. The highest BCUT2D eigenvalue weighted by molar-refractivity contribution is 5.81. The van der Waals surface area contributed by atoms with E-state index in [-0.39, 0.29) is 0 Å². The second-order valence-corrected chi connectivity index (χ2v) is 8.87. The van der Waals surface area contributed by atoms with E-state index in [1.807, 2.05) is 0 Å². The number of nitrogens with zero attached hydrogens (tertiary/aromatic N) is 3. The first-order valence-corrected chi connectivity index (χ1v) is 11.1. The molecule has 0 aromatic carbocycles. The molecule has 0 radical (unpaired) electrons. The monoisotopic (exact) mass is 362 g/mol. The Morgan fingerprint density at radius 2 is 1.96 bits per heavy atom. The van der Waals surface area contributed by atoms with Crippen LogP contribution in [0.15, 0.2) is 4.99 Å². The Hall–Kier alpha value is -0.810. The van der Waals surface area contributed by atoms with Crippen molar-refractivity contribution in [2.45, 2.75) is 70.9 Å². The average molecular weight is 363 g/mol. The summed E-state index contributed by atoms with van der Waals surface area (Å²) in [6, 6.07) is 0.565. The van der Waals surface area contributed by atoms with Gasteiger partial charge in [0, 0.05) is 44.2 Å². The molecule has 3 unspecified atom stereocenters. The van der Waals surface area contributed by atoms with Crippen LogP contribution in [0.25, 0.3) is 0 Å². The fraction of sp³-hybridized carbons (Fsp3) is 0.952. The van der Waals surface area contributed by atoms with E-state index in [1.54, 1.807) is 0 Å². The van der Waals surface area contributed by atoms with Crippen molar-refractivity contribution >= 4 is 5.96 Å². The van der Waals surface area contributed by atoms with Crippen LogP contribution in [0.3, 0.4) is 0 Å². The highest BCUT2D eigenvalue weighted by atomic mass is 16.5. The number of hydrogen-bond acceptors (Lipinski definition) is 3. The summed E-state index contributed by atoms with van der Waals surface area (Å²) in [6.45, 7) is 12.3. The molecule has 1 spiro atoms. The maximum absolute atomic E-state index is 6.03. The van der Waals surface area contributed by atoms with Gasteiger partial charge in [-0.25, -0.2) is 0 Å². The molecule has 2 aliphatic heterocycles. The Kier molecular flexibility index (Phi) is 5.75. The normalized spacial score (nSPS) is 34.2. The first-order chi connectivity index (χ1) is 12.7. The molecule has 4 aliphatic rings. The molecule has 0 amide bonds. The minimum Gasteiger partial charge on any atom is -0.378 e. The van der Waals surface area contributed by atoms with E-state index in [0.29, 0.717) is 17.6 Å². The number of rotatable bonds is 6. The van der Waals surface area contributed by atoms with Crippen LogP contribution in [0.5, 0.6) is 0 Å². The second-order valence-electron chi connectivity index (χ2n) is 8.87. The third kappa shape index (κ3) is 3.49. The van der Waals surface area contributed by atoms with Crippen molar-refractivity contribution in [3.05, 3.63) is 0 Å². The summed E-state index contributed by atoms with van der Waals surface area (Å²) in [7, 11) is 0. The Balaban J connectivity index is 1.33. The van der Waals surface area contributed by atoms with Crippen molar-refractivity contribution in [2.75, 3.05) is 45.9 Å². The molecule has 0 bridgehead atoms. The van der Waals surface area contributed by atoms with E-state index >= 15 is 0 Å². The third-order valence-electron chi connectivity index (χ3n) is 7.35. The molecule has 5 heteroatoms. The van der Waals surface area contributed by atoms with Gasteiger partial charge in [-0.05, 0) is 71.4 Å². The molecular formula is C21H38N4O. The van der Waals surface area contributed by atoms with E-state index in [0.717, 1.165) is 25.5 Å². The quantitative estimate of drug-likeness (QED) is 0.583. The number of nitrogens with one attached hydrogen (secondary N) is 1. The van der Waals surface area contributed by atoms with Crippen LogP contribution >= 0.6 is 0 Å². The molecule has 0 aromatic rings. The molecule has 4 rings (SSSR count). The topological polar surface area (TPSA) is 40.1 Å². The van der Waals surface area contributed by atoms with Crippen molar-refractivity contribution in [3.63, 3.8) is 0 Å². The highest BCUT2D eigenvalue weighted by Gasteiger charge is 2.59. The van der Waals surface area contributed by atoms with Gasteiger partial charge in [0.15, 0.2) is 5.96 Å². The smallest absolute Gasteiger partial charge is 0.194 e. The van der Waals surface area contributed by atoms with Gasteiger partial charge in [0.25, 0.3) is 0 Å². The lowest BCUT2D eigenvalue weighted by Gasteiger charge is -2.61. The zero-order valence-corrected chi connectivity index (χ0v) is 16.9. The lowest BCUT2D eigenvalue weighted by atomic mass is 9.51. The zero-order valence-electron chi connectivity index (χ0n) is 16.9. The number of ether oxygens (including phenoxy) is 1. The largest absolute Gasteiger partial charge is 0.378 e. The van der Waals surface area contributed by atoms with Gasteiger partial charge in [-0.1, -0.05) is 6.42 Å². The lowest BCUT2D eigenvalue weighted by molar-refractivity contribution is -0.168. The van der Waals surface area contributed by atoms with Crippen LogP contribution in [0, 0.1) is 11.3 Å². The molecule has 1 N–H and O–H groups in total. The minimum absolute atomic E-state index is 0.402. The fourth-order valence-electron chi connectivity index (χ4n) is 5.69. The van der Waals surface area contributed by atoms with Crippen molar-refractivity contribution in [3.8, 4) is 0 Å². The maximum Gasteiger partial charge on any atom is 0.194 e. The molecule has 2 aliphatic carbocycles. The van der Waals surface area contributed by atoms with Crippen molar-refractivity contribution in [1.29, 1.82) is 0 Å². The molecule has 5 nitrogen and oxygen atoms in total. The Bertz CT molecular complexity index is 498. The van der Waals surface area contributed by atoms with Crippen LogP contribution in [-0.4, -0.2) is 73.8 Å². The summed E-state index contributed by atoms with van der Waals surface area (Å²) in [5, 5.41) is 3.87. The molecule has 2 saturated carbocycles. The number of hydrogen-bond donors (Lipinski definition) is 1. The second kappa shape index (κ2) is 8.05. The van der Waals surface area contributed by atoms with Crippen LogP contribution < -0.4 is 5.32 Å². The van der Waals surface area contributed by atoms with E-state index in [4.69, 9.17) is 9.73 Å². The van der Waals surface area contributed by atoms with Gasteiger partial charge in [-0.15, -0.1) is 0 Å². The average Bonchev–Trinajstić information content (AvgIpc) is 3.24. The van der Waals surface area contributed by atoms with Gasteiger partial charge in [0.05, 0.1) is 6.10 Å². The van der Waals surface area contributed by atoms with Crippen LogP contribution in [-0.2, 0) is 4.74 Å². The van der Waals surface area contributed by atoms with E-state index in [2.05, 4.69) is 29.0 Å². The predicted octanol–water partition coefficient (Wildman–Crippen LogP) is 2.72. The van der Waals surface area contributed by atoms with Gasteiger partial charge in [-0.2, -0.15) is 0 Å². The number of guanidine groups is 1. The van der Waals surface area contributed by atoms with Crippen LogP contribution in [0.2, 0.25) is 0 Å². The van der Waals surface area contributed by atoms with Gasteiger partial charge in [0.1, 0.15) is 0 Å². The van der Waals surface area contributed by atoms with E-state index < -0.39 is 0 Å². The summed E-state index contributed by atoms with van der Waals surface area (Å²) in [6.07, 6.45) is 9.75. The van der Waals surface area contributed by atoms with Gasteiger partial charge >= 0.3 is 0 Å². The SMILES string of the molecule is CCN=C(NC1CC(OCC)C12CCC2)N1CCC(CN2CCCC2)C1. The Morgan fingerprint density at radius 1 is 1.15 bits per heavy atom. The summed E-state index contributed by atoms with van der Waals surface area (Å²) < 4.78 is 6.03. The molecule has 2 heterocycles. The van der Waals surface area contributed by atoms with Gasteiger partial charge < -0.3 is 19.9 Å². The molecule has 2 saturated heterocycles. The molecule has 0 aromatic heterocycles. The maximum atomic E-state index is 6.03. The molecule has 148 valence electrons. The Morgan fingerprint density at radius 3 is 2.62 bits per heavy atom. The minimum atomic E-state index is 0.402. The number of aliphatic imine (C=N–C) groups is 1. The molecule has 3 atom stereocenters. The number of likely N-dealkylation sites (tertiary alicyclic amines) is 2. The zero-order chi connectivity index (χ0) is 18.0. The fourth-order valence-corrected chi connectivity index (χ4v) is 5.69. The molecular weight excluding hydrogens is 324 g/mol. The van der Waals surface area contributed by atoms with Crippen LogP contribution in [0.1, 0.15) is 58.8 Å². The van der Waals surface area contributed by atoms with Crippen LogP contribution in [0.4, 0.5) is 0 Å². The standard InChI is InChI=1S/C21H38N4O/c1-3-22-20(23-18-14-19(26-4-2)21(18)9-7-10-21)25-13-8-17(16-25)15-24-11-5-6-12-24/h17-19H,3-16H2,1-2H3,(H,22,23). The molecule has 4 fully saturated rings. The van der Waals surface area contributed by atoms with Crippen molar-refractivity contribution in [1.82, 2.24) is 15.1 Å². The Labute approximate surface area is 159 Å². The molecule has 26 heavy (non-hydrogen) atoms. The lowest BCUT2D eigenvalue weighted by Crippen LogP contribution is -2.68. The first-order valence-electron chi connectivity index (χ1n) is 11.1. The predicted molar refractivity (Wildman–Crippen MR) is 107 cm³/mol. The summed E-state index contributed by atoms with van der Waals surface area (Å²) >= 11 is 0. The van der Waals surface area contributed by atoms with E-state index in [9.17, 15) is 0 Å². The summed E-state index contributed by atoms with van der Waals surface area (Å²) in [5.41, 5.74) is 0.402. The third-order valence-corrected chi connectivity index (χ3v) is 7.35. The summed E-state index contributed by atoms with van der Waals surface area (Å²) in [4.78, 5) is 10.1. The van der Waals surface area contributed by atoms with Gasteiger partial charge in [0.2, 0.25) is 0 Å². The van der Waals surface area contributed by atoms with Gasteiger partial charge in [-0.3, -0.25) is 4.99 Å².